The van der Waals surface area contributed by atoms with Crippen molar-refractivity contribution < 1.29 is 30.0 Å². The zero-order valence-electron chi connectivity index (χ0n) is 22.1. The first-order valence-electron chi connectivity index (χ1n) is 13.3. The highest BCUT2D eigenvalue weighted by molar-refractivity contribution is 6.23. The first-order chi connectivity index (χ1) is 16.9. The van der Waals surface area contributed by atoms with Crippen molar-refractivity contribution in [1.29, 1.82) is 0 Å². The van der Waals surface area contributed by atoms with Crippen molar-refractivity contribution in [3.63, 3.8) is 0 Å². The number of ketones is 1. The summed E-state index contributed by atoms with van der Waals surface area (Å²) in [6, 6.07) is 0. The first-order valence-corrected chi connectivity index (χ1v) is 13.3. The van der Waals surface area contributed by atoms with Gasteiger partial charge in [0.15, 0.2) is 17.8 Å². The molecule has 0 bridgehead atoms. The molecular formula is C29H43NO6. The Balaban J connectivity index is 1.90. The molecule has 2 aliphatic carbocycles. The maximum Gasteiger partial charge on any atom is 0.260 e. The molecule has 7 heteroatoms. The Bertz CT molecular complexity index is 951. The molecule has 0 spiro atoms. The van der Waals surface area contributed by atoms with Crippen LogP contribution in [0.15, 0.2) is 47.8 Å². The van der Waals surface area contributed by atoms with Gasteiger partial charge in [-0.15, -0.1) is 0 Å². The fraction of sp³-hybridized carbons (Fsp3) is 0.655. The Labute approximate surface area is 214 Å². The number of aliphatic hydroxyl groups excluding tert-OH is 4. The van der Waals surface area contributed by atoms with Crippen molar-refractivity contribution in [2.24, 2.45) is 40.9 Å². The molecule has 1 heterocycles. The molecule has 0 aromatic carbocycles. The van der Waals surface area contributed by atoms with Crippen molar-refractivity contribution >= 4 is 11.7 Å². The summed E-state index contributed by atoms with van der Waals surface area (Å²) in [5, 5.41) is 43.3. The third-order valence-corrected chi connectivity index (χ3v) is 8.68. The molecule has 10 unspecified atom stereocenters. The molecule has 1 amide bonds. The van der Waals surface area contributed by atoms with E-state index in [1.807, 2.05) is 39.0 Å². The molecule has 1 aliphatic heterocycles. The number of amides is 1. The number of carbonyl (C=O) groups excluding carboxylic acids is 2. The van der Waals surface area contributed by atoms with Gasteiger partial charge in [0.2, 0.25) is 0 Å². The SMILES string of the molecule is CCC(O)C(C)/C=C/C=C/C(O)CC1C=CC2CC(C)CC(C)C2C1(C)C(=O)C1=C(O)C(O)NC1=O. The predicted molar refractivity (Wildman–Crippen MR) is 138 cm³/mol. The van der Waals surface area contributed by atoms with Crippen LogP contribution in [0.2, 0.25) is 0 Å². The smallest absolute Gasteiger partial charge is 0.260 e. The van der Waals surface area contributed by atoms with Gasteiger partial charge < -0.3 is 25.7 Å². The molecular weight excluding hydrogens is 458 g/mol. The van der Waals surface area contributed by atoms with Crippen LogP contribution in [0.4, 0.5) is 0 Å². The summed E-state index contributed by atoms with van der Waals surface area (Å²) in [4.78, 5) is 26.6. The van der Waals surface area contributed by atoms with Gasteiger partial charge in [-0.3, -0.25) is 9.59 Å². The molecule has 0 saturated heterocycles. The molecule has 0 aromatic heterocycles. The zero-order valence-corrected chi connectivity index (χ0v) is 22.1. The standard InChI is InChI=1S/C29H43NO6/c1-6-22(32)17(3)9-7-8-10-21(31)15-20-12-11-19-14-16(2)13-18(4)24(19)29(20,5)26(34)23-25(33)28(36)30-27(23)35/h7-12,16-22,24,28,31-33,36H,6,13-15H2,1-5H3,(H,30,35)/b9-7+,10-8+. The molecule has 0 radical (unpaired) electrons. The second kappa shape index (κ2) is 11.4. The average Bonchev–Trinajstić information content (AvgIpc) is 3.07. The number of hydrogen-bond acceptors (Lipinski definition) is 6. The summed E-state index contributed by atoms with van der Waals surface area (Å²) >= 11 is 0. The molecule has 10 atom stereocenters. The van der Waals surface area contributed by atoms with Crippen molar-refractivity contribution in [3.8, 4) is 0 Å². The molecule has 5 N–H and O–H groups in total. The molecule has 7 nitrogen and oxygen atoms in total. The first kappa shape index (κ1) is 28.4. The number of Topliss-reactive ketones (excluding diaryl/α,β-unsaturated/α-hetero) is 1. The van der Waals surface area contributed by atoms with Gasteiger partial charge in [0, 0.05) is 11.3 Å². The molecule has 3 aliphatic rings. The minimum Gasteiger partial charge on any atom is -0.507 e. The van der Waals surface area contributed by atoms with Crippen LogP contribution in [0.3, 0.4) is 0 Å². The lowest BCUT2D eigenvalue weighted by molar-refractivity contribution is -0.138. The van der Waals surface area contributed by atoms with Crippen LogP contribution in [0.5, 0.6) is 0 Å². The topological polar surface area (TPSA) is 127 Å². The van der Waals surface area contributed by atoms with E-state index in [9.17, 15) is 30.0 Å². The van der Waals surface area contributed by atoms with Crippen molar-refractivity contribution in [2.45, 2.75) is 78.7 Å². The number of rotatable bonds is 9. The molecule has 200 valence electrons. The zero-order chi connectivity index (χ0) is 26.8. The highest BCUT2D eigenvalue weighted by Crippen LogP contribution is 2.56. The van der Waals surface area contributed by atoms with E-state index in [0.717, 1.165) is 12.8 Å². The number of aliphatic hydroxyl groups is 4. The Morgan fingerprint density at radius 1 is 1.19 bits per heavy atom. The summed E-state index contributed by atoms with van der Waals surface area (Å²) in [6.45, 7) is 10.1. The van der Waals surface area contributed by atoms with E-state index in [0.29, 0.717) is 12.3 Å². The largest absolute Gasteiger partial charge is 0.507 e. The number of carbonyl (C=O) groups is 2. The normalized spacial score (nSPS) is 37.3. The van der Waals surface area contributed by atoms with Crippen LogP contribution >= 0.6 is 0 Å². The maximum atomic E-state index is 14.0. The highest BCUT2D eigenvalue weighted by atomic mass is 16.3. The van der Waals surface area contributed by atoms with Gasteiger partial charge in [-0.1, -0.05) is 71.1 Å². The van der Waals surface area contributed by atoms with Gasteiger partial charge in [0.25, 0.3) is 5.91 Å². The number of fused-ring (bicyclic) bond motifs is 1. The van der Waals surface area contributed by atoms with E-state index in [1.165, 1.54) is 0 Å². The second-order valence-electron chi connectivity index (χ2n) is 11.4. The van der Waals surface area contributed by atoms with Gasteiger partial charge in [-0.2, -0.15) is 0 Å². The average molecular weight is 502 g/mol. The van der Waals surface area contributed by atoms with E-state index in [4.69, 9.17) is 0 Å². The molecule has 0 aromatic rings. The molecule has 1 fully saturated rings. The van der Waals surface area contributed by atoms with Gasteiger partial charge in [0.05, 0.1) is 12.2 Å². The van der Waals surface area contributed by atoms with Crippen LogP contribution in [0, 0.1) is 40.9 Å². The van der Waals surface area contributed by atoms with Crippen molar-refractivity contribution in [1.82, 2.24) is 5.32 Å². The van der Waals surface area contributed by atoms with E-state index in [2.05, 4.69) is 25.2 Å². The molecule has 3 rings (SSSR count). The Kier molecular flexibility index (Phi) is 9.02. The third-order valence-electron chi connectivity index (χ3n) is 8.68. The lowest BCUT2D eigenvalue weighted by atomic mass is 9.49. The monoisotopic (exact) mass is 501 g/mol. The fourth-order valence-corrected chi connectivity index (χ4v) is 6.79. The van der Waals surface area contributed by atoms with Crippen LogP contribution < -0.4 is 5.32 Å². The second-order valence-corrected chi connectivity index (χ2v) is 11.4. The van der Waals surface area contributed by atoms with Crippen LogP contribution in [-0.4, -0.2) is 50.6 Å². The fourth-order valence-electron chi connectivity index (χ4n) is 6.79. The lowest BCUT2D eigenvalue weighted by Gasteiger charge is -2.53. The van der Waals surface area contributed by atoms with E-state index >= 15 is 0 Å². The third kappa shape index (κ3) is 5.53. The predicted octanol–water partition coefficient (Wildman–Crippen LogP) is 3.58. The number of nitrogens with one attached hydrogen (secondary N) is 1. The Hall–Kier alpha value is -2.22. The molecule has 36 heavy (non-hydrogen) atoms. The number of allylic oxidation sites excluding steroid dienone is 4. The Morgan fingerprint density at radius 2 is 1.86 bits per heavy atom. The van der Waals surface area contributed by atoms with E-state index in [1.54, 1.807) is 12.2 Å². The quantitative estimate of drug-likeness (QED) is 0.187. The van der Waals surface area contributed by atoms with Crippen molar-refractivity contribution in [3.05, 3.63) is 47.8 Å². The van der Waals surface area contributed by atoms with Crippen LogP contribution in [0.1, 0.15) is 60.3 Å². The summed E-state index contributed by atoms with van der Waals surface area (Å²) in [5.41, 5.74) is -1.40. The molecule has 1 saturated carbocycles. The van der Waals surface area contributed by atoms with Crippen molar-refractivity contribution in [2.75, 3.05) is 0 Å². The minimum atomic E-state index is -1.58. The summed E-state index contributed by atoms with van der Waals surface area (Å²) in [7, 11) is 0. The van der Waals surface area contributed by atoms with Gasteiger partial charge in [-0.05, 0) is 55.3 Å². The van der Waals surface area contributed by atoms with Crippen LogP contribution in [-0.2, 0) is 9.59 Å². The van der Waals surface area contributed by atoms with Gasteiger partial charge in [-0.25, -0.2) is 0 Å². The summed E-state index contributed by atoms with van der Waals surface area (Å²) in [5.74, 6) is -1.40. The van der Waals surface area contributed by atoms with E-state index in [-0.39, 0.29) is 41.6 Å². The summed E-state index contributed by atoms with van der Waals surface area (Å²) in [6.07, 6.45) is 11.3. The minimum absolute atomic E-state index is 0.0000380. The highest BCUT2D eigenvalue weighted by Gasteiger charge is 2.57. The van der Waals surface area contributed by atoms with Gasteiger partial charge in [0.1, 0.15) is 5.57 Å². The number of hydrogen-bond donors (Lipinski definition) is 5. The lowest BCUT2D eigenvalue weighted by Crippen LogP contribution is -2.53. The maximum absolute atomic E-state index is 14.0. The van der Waals surface area contributed by atoms with E-state index < -0.39 is 41.3 Å². The van der Waals surface area contributed by atoms with Gasteiger partial charge >= 0.3 is 0 Å². The Morgan fingerprint density at radius 3 is 2.47 bits per heavy atom. The van der Waals surface area contributed by atoms with Crippen LogP contribution in [0.25, 0.3) is 0 Å². The summed E-state index contributed by atoms with van der Waals surface area (Å²) < 4.78 is 0.